The van der Waals surface area contributed by atoms with Crippen LogP contribution in [0, 0.1) is 5.82 Å². The molecule has 0 spiro atoms. The maximum atomic E-state index is 14.3. The van der Waals surface area contributed by atoms with Crippen molar-refractivity contribution in [3.8, 4) is 17.0 Å². The lowest BCUT2D eigenvalue weighted by Crippen LogP contribution is -2.32. The summed E-state index contributed by atoms with van der Waals surface area (Å²) in [6, 6.07) is 20.4. The van der Waals surface area contributed by atoms with Gasteiger partial charge in [0, 0.05) is 34.3 Å². The van der Waals surface area contributed by atoms with Crippen LogP contribution in [0.4, 0.5) is 4.39 Å². The van der Waals surface area contributed by atoms with Crippen molar-refractivity contribution in [1.29, 1.82) is 0 Å². The van der Waals surface area contributed by atoms with E-state index in [2.05, 4.69) is 5.16 Å². The number of amides is 1. The van der Waals surface area contributed by atoms with Crippen molar-refractivity contribution in [1.82, 2.24) is 10.1 Å². The lowest BCUT2D eigenvalue weighted by atomic mass is 9.98. The zero-order valence-electron chi connectivity index (χ0n) is 17.9. The molecule has 2 heterocycles. The van der Waals surface area contributed by atoms with Gasteiger partial charge in [-0.15, -0.1) is 0 Å². The highest BCUT2D eigenvalue weighted by Gasteiger charge is 2.26. The fraction of sp³-hybridized carbons (Fsp3) is 0.154. The Labute approximate surface area is 200 Å². The van der Waals surface area contributed by atoms with Gasteiger partial charge in [-0.25, -0.2) is 4.39 Å². The third-order valence-corrected chi connectivity index (χ3v) is 6.06. The van der Waals surface area contributed by atoms with E-state index in [1.165, 1.54) is 18.2 Å². The molecule has 0 bridgehead atoms. The number of aliphatic hydroxyl groups is 1. The molecule has 0 saturated carbocycles. The molecule has 0 fully saturated rings. The smallest absolute Gasteiger partial charge is 0.292 e. The Bertz CT molecular complexity index is 1320. The number of hydrogen-bond acceptors (Lipinski definition) is 5. The fourth-order valence-corrected chi connectivity index (χ4v) is 4.24. The summed E-state index contributed by atoms with van der Waals surface area (Å²) in [4.78, 5) is 14.7. The van der Waals surface area contributed by atoms with Crippen molar-refractivity contribution in [2.45, 2.75) is 12.6 Å². The van der Waals surface area contributed by atoms with Crippen molar-refractivity contribution in [2.24, 2.45) is 0 Å². The summed E-state index contributed by atoms with van der Waals surface area (Å²) in [5, 5.41) is 15.0. The largest absolute Gasteiger partial charge is 0.491 e. The van der Waals surface area contributed by atoms with Crippen LogP contribution in [0.25, 0.3) is 11.3 Å². The molecule has 4 aromatic rings. The van der Waals surface area contributed by atoms with E-state index in [0.717, 1.165) is 5.56 Å². The number of halogens is 2. The highest BCUT2D eigenvalue weighted by molar-refractivity contribution is 6.31. The predicted molar refractivity (Wildman–Crippen MR) is 124 cm³/mol. The van der Waals surface area contributed by atoms with E-state index in [4.69, 9.17) is 20.9 Å². The summed E-state index contributed by atoms with van der Waals surface area (Å²) in [6.45, 7) is 0.854. The molecule has 1 amide bonds. The first kappa shape index (κ1) is 22.1. The monoisotopic (exact) mass is 478 g/mol. The predicted octanol–water partition coefficient (Wildman–Crippen LogP) is 5.25. The van der Waals surface area contributed by atoms with E-state index in [1.807, 2.05) is 30.3 Å². The molecule has 6 nitrogen and oxygen atoms in total. The van der Waals surface area contributed by atoms with Crippen LogP contribution in [-0.2, 0) is 6.54 Å². The lowest BCUT2D eigenvalue weighted by molar-refractivity contribution is 0.0691. The summed E-state index contributed by atoms with van der Waals surface area (Å²) < 4.78 is 25.5. The molecule has 0 aliphatic carbocycles. The van der Waals surface area contributed by atoms with Gasteiger partial charge in [-0.2, -0.15) is 0 Å². The molecule has 172 valence electrons. The van der Waals surface area contributed by atoms with Gasteiger partial charge in [0.2, 0.25) is 5.76 Å². The van der Waals surface area contributed by atoms with E-state index in [-0.39, 0.29) is 28.8 Å². The molecule has 5 rings (SSSR count). The molecule has 1 aliphatic rings. The third kappa shape index (κ3) is 4.27. The molecule has 1 N–H and O–H groups in total. The number of carbonyl (C=O) groups excluding carboxylic acids is 1. The van der Waals surface area contributed by atoms with Gasteiger partial charge in [0.25, 0.3) is 5.91 Å². The van der Waals surface area contributed by atoms with Crippen molar-refractivity contribution < 1.29 is 23.6 Å². The maximum Gasteiger partial charge on any atom is 0.292 e. The molecular weight excluding hydrogens is 459 g/mol. The van der Waals surface area contributed by atoms with Gasteiger partial charge in [0.15, 0.2) is 0 Å². The molecule has 3 aromatic carbocycles. The zero-order chi connectivity index (χ0) is 23.7. The summed E-state index contributed by atoms with van der Waals surface area (Å²) in [7, 11) is 0. The number of nitrogens with zero attached hydrogens (tertiary/aromatic N) is 2. The van der Waals surface area contributed by atoms with Gasteiger partial charge in [0.05, 0.1) is 6.54 Å². The molecule has 0 radical (unpaired) electrons. The topological polar surface area (TPSA) is 75.8 Å². The molecule has 1 atom stereocenters. The Morgan fingerprint density at radius 1 is 1.09 bits per heavy atom. The Kier molecular flexibility index (Phi) is 6.04. The molecule has 1 aliphatic heterocycles. The molecule has 0 saturated heterocycles. The van der Waals surface area contributed by atoms with Crippen LogP contribution in [0.1, 0.15) is 33.3 Å². The van der Waals surface area contributed by atoms with Gasteiger partial charge in [-0.1, -0.05) is 59.2 Å². The van der Waals surface area contributed by atoms with Gasteiger partial charge >= 0.3 is 0 Å². The van der Waals surface area contributed by atoms with Gasteiger partial charge < -0.3 is 19.3 Å². The van der Waals surface area contributed by atoms with Gasteiger partial charge in [0.1, 0.15) is 30.0 Å². The minimum Gasteiger partial charge on any atom is -0.491 e. The van der Waals surface area contributed by atoms with E-state index < -0.39 is 11.9 Å². The van der Waals surface area contributed by atoms with E-state index in [9.17, 15) is 14.3 Å². The standard InChI is InChI=1S/C26H20ClFN2O4/c27-19-7-4-8-20(28)24(19)25(31)17-9-10-22-18(13-17)15-30(11-12-33-22)26(32)23-14-21(29-34-23)16-5-2-1-3-6-16/h1-10,13-14,25,31H,11-12,15H2/t25-/m1/s1. The SMILES string of the molecule is O=C(c1cc(-c2ccccc2)no1)N1CCOc2ccc([C@@H](O)c3c(F)cccc3Cl)cc2C1. The van der Waals surface area contributed by atoms with E-state index in [0.29, 0.717) is 35.7 Å². The lowest BCUT2D eigenvalue weighted by Gasteiger charge is -2.19. The van der Waals surface area contributed by atoms with Crippen molar-refractivity contribution in [3.05, 3.63) is 106 Å². The van der Waals surface area contributed by atoms with Gasteiger partial charge in [-0.05, 0) is 29.8 Å². The second-order valence-electron chi connectivity index (χ2n) is 7.92. The average Bonchev–Trinajstić information content (AvgIpc) is 3.24. The molecule has 1 aromatic heterocycles. The minimum atomic E-state index is -1.27. The minimum absolute atomic E-state index is 0.00157. The number of carbonyl (C=O) groups is 1. The number of aliphatic hydroxyl groups excluding tert-OH is 1. The summed E-state index contributed by atoms with van der Waals surface area (Å²) in [5.41, 5.74) is 2.54. The van der Waals surface area contributed by atoms with E-state index in [1.54, 1.807) is 29.2 Å². The third-order valence-electron chi connectivity index (χ3n) is 5.73. The van der Waals surface area contributed by atoms with Gasteiger partial charge in [-0.3, -0.25) is 4.79 Å². The van der Waals surface area contributed by atoms with Crippen LogP contribution in [0.2, 0.25) is 5.02 Å². The second kappa shape index (κ2) is 9.29. The number of fused-ring (bicyclic) bond motifs is 1. The molecule has 8 heteroatoms. The van der Waals surface area contributed by atoms with Crippen molar-refractivity contribution >= 4 is 17.5 Å². The number of ether oxygens (including phenoxy) is 1. The highest BCUT2D eigenvalue weighted by Crippen LogP contribution is 2.34. The Balaban J connectivity index is 1.40. The Hall–Kier alpha value is -3.68. The average molecular weight is 479 g/mol. The summed E-state index contributed by atoms with van der Waals surface area (Å²) in [5.74, 6) is -0.207. The first-order chi connectivity index (χ1) is 16.5. The first-order valence-corrected chi connectivity index (χ1v) is 11.1. The summed E-state index contributed by atoms with van der Waals surface area (Å²) in [6.07, 6.45) is -1.27. The van der Waals surface area contributed by atoms with Crippen LogP contribution in [0.3, 0.4) is 0 Å². The Morgan fingerprint density at radius 3 is 2.71 bits per heavy atom. The highest BCUT2D eigenvalue weighted by atomic mass is 35.5. The number of hydrogen-bond donors (Lipinski definition) is 1. The molecule has 0 unspecified atom stereocenters. The van der Waals surface area contributed by atoms with E-state index >= 15 is 0 Å². The fourth-order valence-electron chi connectivity index (χ4n) is 3.97. The maximum absolute atomic E-state index is 14.3. The second-order valence-corrected chi connectivity index (χ2v) is 8.33. The number of rotatable bonds is 4. The number of benzene rings is 3. The van der Waals surface area contributed by atoms with Crippen LogP contribution in [0.15, 0.2) is 77.3 Å². The van der Waals surface area contributed by atoms with Crippen molar-refractivity contribution in [3.63, 3.8) is 0 Å². The number of aromatic nitrogens is 1. The van der Waals surface area contributed by atoms with Crippen LogP contribution in [0.5, 0.6) is 5.75 Å². The zero-order valence-corrected chi connectivity index (χ0v) is 18.7. The van der Waals surface area contributed by atoms with Crippen LogP contribution >= 0.6 is 11.6 Å². The summed E-state index contributed by atoms with van der Waals surface area (Å²) >= 11 is 6.13. The van der Waals surface area contributed by atoms with Crippen LogP contribution < -0.4 is 4.74 Å². The molecule has 34 heavy (non-hydrogen) atoms. The van der Waals surface area contributed by atoms with Crippen LogP contribution in [-0.4, -0.2) is 34.2 Å². The quantitative estimate of drug-likeness (QED) is 0.433. The first-order valence-electron chi connectivity index (χ1n) is 10.7. The normalized spacial score (nSPS) is 14.1. The Morgan fingerprint density at radius 2 is 1.91 bits per heavy atom. The molecular formula is C26H20ClFN2O4. The van der Waals surface area contributed by atoms with Crippen molar-refractivity contribution in [2.75, 3.05) is 13.2 Å².